The Morgan fingerprint density at radius 1 is 1.35 bits per heavy atom. The highest BCUT2D eigenvalue weighted by molar-refractivity contribution is 7.61. The van der Waals surface area contributed by atoms with Crippen molar-refractivity contribution in [3.05, 3.63) is 35.9 Å². The number of hydrogen-bond acceptors (Lipinski definition) is 4. The Morgan fingerprint density at radius 2 is 2.00 bits per heavy atom. The van der Waals surface area contributed by atoms with Crippen LogP contribution < -0.4 is 5.30 Å². The van der Waals surface area contributed by atoms with E-state index >= 15 is 0 Å². The summed E-state index contributed by atoms with van der Waals surface area (Å²) in [5.74, 6) is -0.471. The van der Waals surface area contributed by atoms with Crippen LogP contribution in [-0.4, -0.2) is 23.6 Å². The van der Waals surface area contributed by atoms with Crippen molar-refractivity contribution in [2.45, 2.75) is 26.4 Å². The standard InChI is InChI=1S/C14H19O5P/c1-14(2,3)19-13(15)9-8-11-6-5-7-12(10-11)20(16,17)18-4/h5-10H,1-4H3,(H,16,17). The van der Waals surface area contributed by atoms with E-state index in [2.05, 4.69) is 4.52 Å². The number of hydrogen-bond donors (Lipinski definition) is 1. The summed E-state index contributed by atoms with van der Waals surface area (Å²) < 4.78 is 21.4. The molecule has 0 amide bonds. The first-order chi connectivity index (χ1) is 9.14. The lowest BCUT2D eigenvalue weighted by Gasteiger charge is -2.17. The maximum Gasteiger partial charge on any atom is 0.358 e. The molecule has 1 aromatic carbocycles. The topological polar surface area (TPSA) is 72.8 Å². The Bertz CT molecular complexity index is 557. The third kappa shape index (κ3) is 5.29. The summed E-state index contributed by atoms with van der Waals surface area (Å²) in [6.45, 7) is 5.33. The van der Waals surface area contributed by atoms with Gasteiger partial charge in [-0.15, -0.1) is 0 Å². The SMILES string of the molecule is COP(=O)(O)c1cccc(C=CC(=O)OC(C)(C)C)c1. The molecule has 1 rings (SSSR count). The number of carbonyl (C=O) groups is 1. The molecular formula is C14H19O5P. The minimum absolute atomic E-state index is 0.173. The van der Waals surface area contributed by atoms with Crippen molar-refractivity contribution in [2.75, 3.05) is 7.11 Å². The van der Waals surface area contributed by atoms with Gasteiger partial charge in [0.25, 0.3) is 0 Å². The fraction of sp³-hybridized carbons (Fsp3) is 0.357. The summed E-state index contributed by atoms with van der Waals surface area (Å²) in [5, 5.41) is 0.173. The fourth-order valence-electron chi connectivity index (χ4n) is 1.41. The molecule has 1 N–H and O–H groups in total. The molecule has 0 radical (unpaired) electrons. The summed E-state index contributed by atoms with van der Waals surface area (Å²) in [6, 6.07) is 6.31. The zero-order valence-corrected chi connectivity index (χ0v) is 12.9. The average molecular weight is 298 g/mol. The van der Waals surface area contributed by atoms with E-state index in [9.17, 15) is 14.3 Å². The number of carbonyl (C=O) groups excluding carboxylic acids is 1. The summed E-state index contributed by atoms with van der Waals surface area (Å²) >= 11 is 0. The Balaban J connectivity index is 2.87. The Morgan fingerprint density at radius 3 is 2.55 bits per heavy atom. The van der Waals surface area contributed by atoms with Gasteiger partial charge in [-0.25, -0.2) is 4.79 Å². The predicted octanol–water partition coefficient (Wildman–Crippen LogP) is 2.50. The molecule has 0 aliphatic heterocycles. The molecule has 0 heterocycles. The molecule has 0 spiro atoms. The smallest absolute Gasteiger partial charge is 0.358 e. The largest absolute Gasteiger partial charge is 0.457 e. The first-order valence-corrected chi connectivity index (χ1v) is 7.62. The molecule has 0 aromatic heterocycles. The van der Waals surface area contributed by atoms with Gasteiger partial charge in [-0.2, -0.15) is 0 Å². The van der Waals surface area contributed by atoms with Gasteiger partial charge < -0.3 is 14.2 Å². The molecular weight excluding hydrogens is 279 g/mol. The molecule has 1 aromatic rings. The zero-order chi connectivity index (χ0) is 15.4. The van der Waals surface area contributed by atoms with Gasteiger partial charge in [0.15, 0.2) is 0 Å². The maximum absolute atomic E-state index is 11.7. The van der Waals surface area contributed by atoms with Crippen LogP contribution in [0.2, 0.25) is 0 Å². The number of esters is 1. The fourth-order valence-corrected chi connectivity index (χ4v) is 2.21. The molecule has 0 aliphatic rings. The summed E-state index contributed by atoms with van der Waals surface area (Å²) in [4.78, 5) is 21.1. The number of rotatable bonds is 4. The third-order valence-corrected chi connectivity index (χ3v) is 3.69. The van der Waals surface area contributed by atoms with E-state index in [0.717, 1.165) is 0 Å². The molecule has 5 nitrogen and oxygen atoms in total. The molecule has 0 fully saturated rings. The van der Waals surface area contributed by atoms with E-state index in [-0.39, 0.29) is 5.30 Å². The van der Waals surface area contributed by atoms with Crippen molar-refractivity contribution in [3.8, 4) is 0 Å². The third-order valence-electron chi connectivity index (χ3n) is 2.26. The second-order valence-corrected chi connectivity index (χ2v) is 7.09. The minimum Gasteiger partial charge on any atom is -0.457 e. The van der Waals surface area contributed by atoms with Crippen molar-refractivity contribution in [3.63, 3.8) is 0 Å². The van der Waals surface area contributed by atoms with Crippen molar-refractivity contribution in [1.29, 1.82) is 0 Å². The molecule has 0 saturated carbocycles. The lowest BCUT2D eigenvalue weighted by Crippen LogP contribution is -2.22. The Kier molecular flexibility index (Phi) is 5.28. The first kappa shape index (κ1) is 16.6. The highest BCUT2D eigenvalue weighted by Gasteiger charge is 2.20. The molecule has 110 valence electrons. The van der Waals surface area contributed by atoms with Crippen LogP contribution in [0, 0.1) is 0 Å². The van der Waals surface area contributed by atoms with Crippen molar-refractivity contribution in [2.24, 2.45) is 0 Å². The molecule has 1 unspecified atom stereocenters. The van der Waals surface area contributed by atoms with Crippen LogP contribution in [0.25, 0.3) is 6.08 Å². The number of ether oxygens (including phenoxy) is 1. The quantitative estimate of drug-likeness (QED) is 0.525. The highest BCUT2D eigenvalue weighted by atomic mass is 31.2. The Hall–Kier alpha value is -1.42. The minimum atomic E-state index is -3.78. The van der Waals surface area contributed by atoms with E-state index in [1.54, 1.807) is 32.9 Å². The lowest BCUT2D eigenvalue weighted by molar-refractivity contribution is -0.148. The van der Waals surface area contributed by atoms with E-state index in [4.69, 9.17) is 4.74 Å². The van der Waals surface area contributed by atoms with Gasteiger partial charge in [0.1, 0.15) is 5.60 Å². The van der Waals surface area contributed by atoms with Gasteiger partial charge >= 0.3 is 13.6 Å². The zero-order valence-electron chi connectivity index (χ0n) is 12.0. The molecule has 0 bridgehead atoms. The first-order valence-electron chi connectivity index (χ1n) is 6.04. The molecule has 20 heavy (non-hydrogen) atoms. The van der Waals surface area contributed by atoms with Gasteiger partial charge in [0, 0.05) is 13.2 Å². The maximum atomic E-state index is 11.7. The van der Waals surface area contributed by atoms with Crippen LogP contribution in [0.3, 0.4) is 0 Å². The monoisotopic (exact) mass is 298 g/mol. The van der Waals surface area contributed by atoms with E-state index in [1.807, 2.05) is 0 Å². The second-order valence-electron chi connectivity index (χ2n) is 5.16. The van der Waals surface area contributed by atoms with Crippen molar-refractivity contribution in [1.82, 2.24) is 0 Å². The van der Waals surface area contributed by atoms with E-state index in [0.29, 0.717) is 5.56 Å². The van der Waals surface area contributed by atoms with Gasteiger partial charge in [-0.3, -0.25) is 4.57 Å². The molecule has 0 aliphatic carbocycles. The van der Waals surface area contributed by atoms with E-state index < -0.39 is 19.2 Å². The van der Waals surface area contributed by atoms with Crippen LogP contribution in [-0.2, 0) is 18.6 Å². The van der Waals surface area contributed by atoms with Crippen LogP contribution in [0.4, 0.5) is 0 Å². The van der Waals surface area contributed by atoms with Crippen LogP contribution >= 0.6 is 7.60 Å². The normalized spacial score (nSPS) is 15.1. The van der Waals surface area contributed by atoms with E-state index in [1.165, 1.54) is 31.4 Å². The van der Waals surface area contributed by atoms with Crippen molar-refractivity contribution < 1.29 is 23.5 Å². The van der Waals surface area contributed by atoms with Gasteiger partial charge in [-0.1, -0.05) is 12.1 Å². The predicted molar refractivity (Wildman–Crippen MR) is 77.8 cm³/mol. The molecule has 0 saturated heterocycles. The summed E-state index contributed by atoms with van der Waals surface area (Å²) in [7, 11) is -2.61. The summed E-state index contributed by atoms with van der Waals surface area (Å²) in [6.07, 6.45) is 2.80. The number of benzene rings is 1. The average Bonchev–Trinajstić information content (AvgIpc) is 2.35. The lowest BCUT2D eigenvalue weighted by atomic mass is 10.2. The Labute approximate surface area is 118 Å². The van der Waals surface area contributed by atoms with Gasteiger partial charge in [-0.05, 0) is 44.5 Å². The molecule has 6 heteroatoms. The highest BCUT2D eigenvalue weighted by Crippen LogP contribution is 2.39. The van der Waals surface area contributed by atoms with Gasteiger partial charge in [0.2, 0.25) is 0 Å². The molecule has 1 atom stereocenters. The van der Waals surface area contributed by atoms with Crippen molar-refractivity contribution >= 4 is 24.9 Å². The van der Waals surface area contributed by atoms with Crippen LogP contribution in [0.15, 0.2) is 30.3 Å². The van der Waals surface area contributed by atoms with Crippen LogP contribution in [0.1, 0.15) is 26.3 Å². The van der Waals surface area contributed by atoms with Crippen LogP contribution in [0.5, 0.6) is 0 Å². The van der Waals surface area contributed by atoms with Gasteiger partial charge in [0.05, 0.1) is 5.30 Å². The summed E-state index contributed by atoms with van der Waals surface area (Å²) in [5.41, 5.74) is 0.0554. The second kappa shape index (κ2) is 6.35.